The average molecular weight is 326 g/mol. The van der Waals surface area contributed by atoms with E-state index in [0.29, 0.717) is 11.6 Å². The molecule has 3 aromatic rings. The van der Waals surface area contributed by atoms with E-state index in [1.807, 2.05) is 36.4 Å². The summed E-state index contributed by atoms with van der Waals surface area (Å²) >= 11 is 0.980. The minimum Gasteiger partial charge on any atom is -0.436 e. The zero-order chi connectivity index (χ0) is 16.2. The third-order valence-electron chi connectivity index (χ3n) is 3.09. The molecule has 0 aliphatic carbocycles. The second-order valence-electron chi connectivity index (χ2n) is 4.90. The molecule has 1 amide bonds. The van der Waals surface area contributed by atoms with Gasteiger partial charge in [0, 0.05) is 18.2 Å². The zero-order valence-corrected chi connectivity index (χ0v) is 13.2. The number of rotatable bonds is 4. The number of benzene rings is 2. The number of fused-ring (bicyclic) bond motifs is 1. The molecule has 0 fully saturated rings. The van der Waals surface area contributed by atoms with Gasteiger partial charge in [0.2, 0.25) is 11.8 Å². The lowest BCUT2D eigenvalue weighted by atomic mass is 10.2. The van der Waals surface area contributed by atoms with Crippen molar-refractivity contribution in [2.45, 2.75) is 6.92 Å². The Balaban J connectivity index is 1.79. The van der Waals surface area contributed by atoms with E-state index < -0.39 is 0 Å². The fourth-order valence-electron chi connectivity index (χ4n) is 2.09. The third-order valence-corrected chi connectivity index (χ3v) is 3.91. The molecule has 0 saturated heterocycles. The van der Waals surface area contributed by atoms with Crippen LogP contribution in [0.2, 0.25) is 0 Å². The van der Waals surface area contributed by atoms with Gasteiger partial charge in [0.25, 0.3) is 0 Å². The second-order valence-corrected chi connectivity index (χ2v) is 6.05. The van der Waals surface area contributed by atoms with Crippen LogP contribution in [0.25, 0.3) is 22.6 Å². The molecule has 0 atom stereocenters. The van der Waals surface area contributed by atoms with Crippen LogP contribution >= 0.6 is 11.8 Å². The summed E-state index contributed by atoms with van der Waals surface area (Å²) in [4.78, 5) is 27.1. The highest BCUT2D eigenvalue weighted by Gasteiger charge is 2.10. The summed E-state index contributed by atoms with van der Waals surface area (Å²) in [5.41, 5.74) is 2.92. The molecule has 0 spiro atoms. The molecule has 0 radical (unpaired) electrons. The highest BCUT2D eigenvalue weighted by molar-refractivity contribution is 8.14. The van der Waals surface area contributed by atoms with Crippen LogP contribution in [-0.4, -0.2) is 21.8 Å². The van der Waals surface area contributed by atoms with Gasteiger partial charge in [-0.3, -0.25) is 9.59 Å². The Morgan fingerprint density at radius 1 is 1.17 bits per heavy atom. The summed E-state index contributed by atoms with van der Waals surface area (Å²) in [5, 5.41) is 2.68. The Labute approximate surface area is 137 Å². The number of amides is 1. The van der Waals surface area contributed by atoms with Crippen molar-refractivity contribution in [2.24, 2.45) is 0 Å². The van der Waals surface area contributed by atoms with Crippen molar-refractivity contribution in [1.82, 2.24) is 4.98 Å². The number of para-hydroxylation sites is 2. The van der Waals surface area contributed by atoms with Crippen molar-refractivity contribution in [2.75, 3.05) is 11.1 Å². The summed E-state index contributed by atoms with van der Waals surface area (Å²) in [7, 11) is 0. The highest BCUT2D eigenvalue weighted by Crippen LogP contribution is 2.26. The lowest BCUT2D eigenvalue weighted by Crippen LogP contribution is -2.14. The van der Waals surface area contributed by atoms with E-state index in [4.69, 9.17) is 4.42 Å². The average Bonchev–Trinajstić information content (AvgIpc) is 2.97. The molecule has 116 valence electrons. The first kappa shape index (κ1) is 15.3. The number of nitrogens with one attached hydrogen (secondary N) is 1. The van der Waals surface area contributed by atoms with Crippen LogP contribution in [0.1, 0.15) is 6.92 Å². The summed E-state index contributed by atoms with van der Waals surface area (Å²) in [5.74, 6) is 0.378. The Hall–Kier alpha value is -2.60. The van der Waals surface area contributed by atoms with Crippen LogP contribution in [0.3, 0.4) is 0 Å². The van der Waals surface area contributed by atoms with Crippen LogP contribution in [0, 0.1) is 0 Å². The maximum absolute atomic E-state index is 11.8. The largest absolute Gasteiger partial charge is 0.436 e. The molecule has 1 N–H and O–H groups in total. The van der Waals surface area contributed by atoms with E-state index in [1.54, 1.807) is 12.1 Å². The Morgan fingerprint density at radius 2 is 2.00 bits per heavy atom. The minimum absolute atomic E-state index is 0.0830. The zero-order valence-electron chi connectivity index (χ0n) is 12.4. The first-order chi connectivity index (χ1) is 11.1. The number of hydrogen-bond donors (Lipinski definition) is 1. The van der Waals surface area contributed by atoms with Crippen molar-refractivity contribution in [1.29, 1.82) is 0 Å². The molecule has 0 saturated carbocycles. The summed E-state index contributed by atoms with van der Waals surface area (Å²) in [6, 6.07) is 14.8. The van der Waals surface area contributed by atoms with Crippen molar-refractivity contribution in [3.8, 4) is 11.5 Å². The van der Waals surface area contributed by atoms with E-state index >= 15 is 0 Å². The van der Waals surface area contributed by atoms with Crippen LogP contribution in [0.4, 0.5) is 5.69 Å². The van der Waals surface area contributed by atoms with Gasteiger partial charge >= 0.3 is 0 Å². The molecule has 0 aliphatic heterocycles. The lowest BCUT2D eigenvalue weighted by Gasteiger charge is -2.05. The van der Waals surface area contributed by atoms with Gasteiger partial charge in [-0.2, -0.15) is 0 Å². The van der Waals surface area contributed by atoms with Gasteiger partial charge < -0.3 is 9.73 Å². The minimum atomic E-state index is -0.222. The second kappa shape index (κ2) is 6.66. The fraction of sp³-hybridized carbons (Fsp3) is 0.118. The van der Waals surface area contributed by atoms with Crippen molar-refractivity contribution < 1.29 is 14.0 Å². The standard InChI is InChI=1S/C17H14N2O3S/c1-11(20)23-10-16(21)18-13-6-4-5-12(9-13)17-19-14-7-2-3-8-15(14)22-17/h2-9H,10H2,1H3,(H,18,21). The maximum Gasteiger partial charge on any atom is 0.234 e. The van der Waals surface area contributed by atoms with Crippen LogP contribution in [0.15, 0.2) is 52.9 Å². The molecule has 0 aliphatic rings. The van der Waals surface area contributed by atoms with E-state index in [2.05, 4.69) is 10.3 Å². The Morgan fingerprint density at radius 3 is 2.78 bits per heavy atom. The highest BCUT2D eigenvalue weighted by atomic mass is 32.2. The first-order valence-corrected chi connectivity index (χ1v) is 7.99. The van der Waals surface area contributed by atoms with Gasteiger partial charge in [-0.25, -0.2) is 4.98 Å². The van der Waals surface area contributed by atoms with E-state index in [9.17, 15) is 9.59 Å². The number of thioether (sulfide) groups is 1. The van der Waals surface area contributed by atoms with Gasteiger partial charge in [0.15, 0.2) is 10.7 Å². The van der Waals surface area contributed by atoms with Crippen molar-refractivity contribution in [3.05, 3.63) is 48.5 Å². The molecular formula is C17H14N2O3S. The molecule has 3 rings (SSSR count). The van der Waals surface area contributed by atoms with Crippen molar-refractivity contribution >= 4 is 39.6 Å². The predicted octanol–water partition coefficient (Wildman–Crippen LogP) is 3.71. The molecule has 1 heterocycles. The molecule has 23 heavy (non-hydrogen) atoms. The predicted molar refractivity (Wildman–Crippen MR) is 91.2 cm³/mol. The molecular weight excluding hydrogens is 312 g/mol. The smallest absolute Gasteiger partial charge is 0.234 e. The number of aromatic nitrogens is 1. The first-order valence-electron chi connectivity index (χ1n) is 7.01. The quantitative estimate of drug-likeness (QED) is 0.791. The van der Waals surface area contributed by atoms with E-state index in [-0.39, 0.29) is 16.8 Å². The monoisotopic (exact) mass is 326 g/mol. The molecule has 1 aromatic heterocycles. The van der Waals surface area contributed by atoms with E-state index in [1.165, 1.54) is 6.92 Å². The normalized spacial score (nSPS) is 10.7. The van der Waals surface area contributed by atoms with Crippen molar-refractivity contribution in [3.63, 3.8) is 0 Å². The third kappa shape index (κ3) is 3.78. The number of carbonyl (C=O) groups excluding carboxylic acids is 2. The number of oxazole rings is 1. The Kier molecular flexibility index (Phi) is 4.43. The Bertz CT molecular complexity index is 840. The number of carbonyl (C=O) groups is 2. The number of hydrogen-bond acceptors (Lipinski definition) is 5. The lowest BCUT2D eigenvalue weighted by molar-refractivity contribution is -0.114. The van der Waals surface area contributed by atoms with Gasteiger partial charge in [-0.05, 0) is 30.3 Å². The molecule has 6 heteroatoms. The van der Waals surface area contributed by atoms with Gasteiger partial charge in [0.05, 0.1) is 5.75 Å². The number of nitrogens with zero attached hydrogens (tertiary/aromatic N) is 1. The maximum atomic E-state index is 11.8. The summed E-state index contributed by atoms with van der Waals surface area (Å²) < 4.78 is 5.72. The van der Waals surface area contributed by atoms with Crippen LogP contribution < -0.4 is 5.32 Å². The molecule has 2 aromatic carbocycles. The van der Waals surface area contributed by atoms with Crippen LogP contribution in [0.5, 0.6) is 0 Å². The summed E-state index contributed by atoms with van der Waals surface area (Å²) in [6.45, 7) is 1.44. The van der Waals surface area contributed by atoms with Gasteiger partial charge in [-0.15, -0.1) is 0 Å². The topological polar surface area (TPSA) is 72.2 Å². The fourth-order valence-corrected chi connectivity index (χ4v) is 2.50. The molecule has 0 bridgehead atoms. The molecule has 0 unspecified atom stereocenters. The van der Waals surface area contributed by atoms with E-state index in [0.717, 1.165) is 28.4 Å². The number of anilines is 1. The summed E-state index contributed by atoms with van der Waals surface area (Å²) in [6.07, 6.45) is 0. The van der Waals surface area contributed by atoms with Gasteiger partial charge in [0.1, 0.15) is 5.52 Å². The van der Waals surface area contributed by atoms with Crippen LogP contribution in [-0.2, 0) is 9.59 Å². The SMILES string of the molecule is CC(=O)SCC(=O)Nc1cccc(-c2nc3ccccc3o2)c1. The van der Waals surface area contributed by atoms with Gasteiger partial charge in [-0.1, -0.05) is 30.0 Å². The molecule has 5 nitrogen and oxygen atoms in total.